The molecule has 0 spiro atoms. The van der Waals surface area contributed by atoms with Crippen molar-refractivity contribution in [3.8, 4) is 0 Å². The number of sulfonamides is 1. The third-order valence-electron chi connectivity index (χ3n) is 2.87. The number of anilines is 1. The van der Waals surface area contributed by atoms with E-state index < -0.39 is 16.0 Å². The fourth-order valence-corrected chi connectivity index (χ4v) is 3.50. The van der Waals surface area contributed by atoms with Gasteiger partial charge in [-0.2, -0.15) is 4.31 Å². The number of nitrogen functional groups attached to an aromatic ring is 1. The number of nitrogens with zero attached hydrogens (tertiary/aromatic N) is 1. The lowest BCUT2D eigenvalue weighted by molar-refractivity contribution is 0.0600. The van der Waals surface area contributed by atoms with Gasteiger partial charge in [0.2, 0.25) is 10.0 Å². The first kappa shape index (κ1) is 17.4. The molecule has 3 N–H and O–H groups in total. The Morgan fingerprint density at radius 3 is 2.52 bits per heavy atom. The summed E-state index contributed by atoms with van der Waals surface area (Å²) in [6.45, 7) is 1.83. The molecule has 0 radical (unpaired) electrons. The highest BCUT2D eigenvalue weighted by Crippen LogP contribution is 2.24. The Morgan fingerprint density at radius 2 is 2.05 bits per heavy atom. The molecule has 1 aromatic carbocycles. The molecule has 0 heterocycles. The molecule has 0 aromatic heterocycles. The minimum absolute atomic E-state index is 0.00559. The van der Waals surface area contributed by atoms with Gasteiger partial charge in [-0.1, -0.05) is 6.92 Å². The Balaban J connectivity index is 3.21. The van der Waals surface area contributed by atoms with Crippen molar-refractivity contribution < 1.29 is 23.1 Å². The maximum absolute atomic E-state index is 12.5. The summed E-state index contributed by atoms with van der Waals surface area (Å²) in [5, 5.41) is 8.99. The van der Waals surface area contributed by atoms with Crippen LogP contribution in [0.1, 0.15) is 23.7 Å². The van der Waals surface area contributed by atoms with E-state index in [2.05, 4.69) is 4.74 Å². The molecule has 21 heavy (non-hydrogen) atoms. The number of ether oxygens (including phenoxy) is 1. The van der Waals surface area contributed by atoms with E-state index in [1.54, 1.807) is 0 Å². The Kier molecular flexibility index (Phi) is 6.13. The Morgan fingerprint density at radius 1 is 1.38 bits per heavy atom. The molecule has 0 amide bonds. The second-order valence-electron chi connectivity index (χ2n) is 4.37. The lowest BCUT2D eigenvalue weighted by Gasteiger charge is -2.21. The quantitative estimate of drug-likeness (QED) is 0.558. The predicted molar refractivity (Wildman–Crippen MR) is 78.3 cm³/mol. The monoisotopic (exact) mass is 316 g/mol. The fraction of sp³-hybridized carbons (Fsp3) is 0.462. The smallest absolute Gasteiger partial charge is 0.337 e. The number of hydrogen-bond donors (Lipinski definition) is 2. The number of carbonyl (C=O) groups excluding carboxylic acids is 1. The van der Waals surface area contributed by atoms with Gasteiger partial charge < -0.3 is 15.6 Å². The minimum Gasteiger partial charge on any atom is -0.465 e. The summed E-state index contributed by atoms with van der Waals surface area (Å²) in [6, 6.07) is 3.89. The first-order valence-corrected chi connectivity index (χ1v) is 7.91. The SMILES string of the molecule is CCCN(CCO)S(=O)(=O)c1ccc(C(=O)OC)cc1N. The van der Waals surface area contributed by atoms with Crippen molar-refractivity contribution in [1.29, 1.82) is 0 Å². The largest absolute Gasteiger partial charge is 0.465 e. The van der Waals surface area contributed by atoms with E-state index in [1.165, 1.54) is 25.3 Å². The molecule has 0 bridgehead atoms. The summed E-state index contributed by atoms with van der Waals surface area (Å²) in [7, 11) is -2.58. The van der Waals surface area contributed by atoms with Crippen molar-refractivity contribution in [2.45, 2.75) is 18.2 Å². The van der Waals surface area contributed by atoms with Crippen LogP contribution < -0.4 is 5.73 Å². The van der Waals surface area contributed by atoms with Crippen LogP contribution in [0.25, 0.3) is 0 Å². The summed E-state index contributed by atoms with van der Waals surface area (Å²) < 4.78 is 30.7. The predicted octanol–water partition coefficient (Wildman–Crippen LogP) is 0.448. The van der Waals surface area contributed by atoms with Gasteiger partial charge in [-0.15, -0.1) is 0 Å². The highest BCUT2D eigenvalue weighted by Gasteiger charge is 2.26. The zero-order valence-corrected chi connectivity index (χ0v) is 12.9. The molecule has 0 aliphatic heterocycles. The number of hydrogen-bond acceptors (Lipinski definition) is 6. The highest BCUT2D eigenvalue weighted by atomic mass is 32.2. The first-order chi connectivity index (χ1) is 9.88. The normalized spacial score (nSPS) is 11.6. The maximum atomic E-state index is 12.5. The van der Waals surface area contributed by atoms with E-state index in [0.29, 0.717) is 6.42 Å². The average molecular weight is 316 g/mol. The molecular formula is C13H20N2O5S. The van der Waals surface area contributed by atoms with Gasteiger partial charge >= 0.3 is 5.97 Å². The summed E-state index contributed by atoms with van der Waals surface area (Å²) in [6.07, 6.45) is 0.610. The molecule has 1 aromatic rings. The molecule has 0 unspecified atom stereocenters. The number of rotatable bonds is 7. The van der Waals surface area contributed by atoms with Crippen molar-refractivity contribution in [2.75, 3.05) is 32.5 Å². The van der Waals surface area contributed by atoms with Crippen LogP contribution in [0.3, 0.4) is 0 Å². The summed E-state index contributed by atoms with van der Waals surface area (Å²) in [5.74, 6) is -0.591. The Labute approximate surface area is 124 Å². The molecule has 118 valence electrons. The Hall–Kier alpha value is -1.64. The van der Waals surface area contributed by atoms with E-state index in [-0.39, 0.29) is 35.8 Å². The lowest BCUT2D eigenvalue weighted by Crippen LogP contribution is -2.34. The van der Waals surface area contributed by atoms with Crippen molar-refractivity contribution in [3.05, 3.63) is 23.8 Å². The number of esters is 1. The van der Waals surface area contributed by atoms with E-state index in [9.17, 15) is 13.2 Å². The van der Waals surface area contributed by atoms with Crippen molar-refractivity contribution in [1.82, 2.24) is 4.31 Å². The molecule has 0 aliphatic rings. The van der Waals surface area contributed by atoms with Crippen LogP contribution in [0.4, 0.5) is 5.69 Å². The van der Waals surface area contributed by atoms with E-state index >= 15 is 0 Å². The van der Waals surface area contributed by atoms with Crippen molar-refractivity contribution in [3.63, 3.8) is 0 Å². The lowest BCUT2D eigenvalue weighted by atomic mass is 10.2. The van der Waals surface area contributed by atoms with Gasteiger partial charge in [0.05, 0.1) is 25.0 Å². The summed E-state index contributed by atoms with van der Waals surface area (Å²) in [5.41, 5.74) is 5.90. The topological polar surface area (TPSA) is 110 Å². The number of benzene rings is 1. The number of methoxy groups -OCH3 is 1. The highest BCUT2D eigenvalue weighted by molar-refractivity contribution is 7.89. The molecule has 0 atom stereocenters. The van der Waals surface area contributed by atoms with E-state index in [0.717, 1.165) is 4.31 Å². The summed E-state index contributed by atoms with van der Waals surface area (Å²) in [4.78, 5) is 11.3. The molecule has 0 saturated heterocycles. The van der Waals surface area contributed by atoms with Gasteiger partial charge in [0.1, 0.15) is 4.90 Å². The number of aliphatic hydroxyl groups excluding tert-OH is 1. The van der Waals surface area contributed by atoms with Crippen LogP contribution in [-0.2, 0) is 14.8 Å². The number of aliphatic hydroxyl groups is 1. The third kappa shape index (κ3) is 3.93. The minimum atomic E-state index is -3.81. The van der Waals surface area contributed by atoms with Gasteiger partial charge in [-0.25, -0.2) is 13.2 Å². The van der Waals surface area contributed by atoms with Crippen molar-refractivity contribution in [2.24, 2.45) is 0 Å². The molecule has 1 rings (SSSR count). The van der Waals surface area contributed by atoms with E-state index in [4.69, 9.17) is 10.8 Å². The average Bonchev–Trinajstić information content (AvgIpc) is 2.45. The second-order valence-corrected chi connectivity index (χ2v) is 6.28. The zero-order valence-electron chi connectivity index (χ0n) is 12.1. The van der Waals surface area contributed by atoms with Gasteiger partial charge in [-0.3, -0.25) is 0 Å². The van der Waals surface area contributed by atoms with Gasteiger partial charge in [0.15, 0.2) is 0 Å². The van der Waals surface area contributed by atoms with Crippen LogP contribution in [0.15, 0.2) is 23.1 Å². The first-order valence-electron chi connectivity index (χ1n) is 6.47. The molecular weight excluding hydrogens is 296 g/mol. The number of nitrogens with two attached hydrogens (primary N) is 1. The van der Waals surface area contributed by atoms with Gasteiger partial charge in [0, 0.05) is 13.1 Å². The van der Waals surface area contributed by atoms with Crippen LogP contribution >= 0.6 is 0 Å². The third-order valence-corrected chi connectivity index (χ3v) is 4.84. The van der Waals surface area contributed by atoms with Gasteiger partial charge in [0.25, 0.3) is 0 Å². The Bertz CT molecular complexity index is 595. The van der Waals surface area contributed by atoms with E-state index in [1.807, 2.05) is 6.92 Å². The van der Waals surface area contributed by atoms with Crippen LogP contribution in [0.5, 0.6) is 0 Å². The molecule has 0 aliphatic carbocycles. The molecule has 8 heteroatoms. The number of carbonyl (C=O) groups is 1. The molecule has 0 fully saturated rings. The maximum Gasteiger partial charge on any atom is 0.337 e. The molecule has 7 nitrogen and oxygen atoms in total. The van der Waals surface area contributed by atoms with Crippen molar-refractivity contribution >= 4 is 21.7 Å². The van der Waals surface area contributed by atoms with Crippen LogP contribution in [0.2, 0.25) is 0 Å². The van der Waals surface area contributed by atoms with Crippen LogP contribution in [-0.4, -0.2) is 50.6 Å². The standard InChI is InChI=1S/C13H20N2O5S/c1-3-6-15(7-8-16)21(18,19)12-5-4-10(9-11(12)14)13(17)20-2/h4-5,9,16H,3,6-8,14H2,1-2H3. The van der Waals surface area contributed by atoms with Gasteiger partial charge in [-0.05, 0) is 24.6 Å². The van der Waals surface area contributed by atoms with Crippen LogP contribution in [0, 0.1) is 0 Å². The fourth-order valence-electron chi connectivity index (χ4n) is 1.88. The molecule has 0 saturated carbocycles. The second kappa shape index (κ2) is 7.39. The zero-order chi connectivity index (χ0) is 16.0. The summed E-state index contributed by atoms with van der Waals surface area (Å²) >= 11 is 0.